The minimum Gasteiger partial charge on any atom is -0.502 e. The number of amides is 3. The third-order valence-corrected chi connectivity index (χ3v) is 4.30. The summed E-state index contributed by atoms with van der Waals surface area (Å²) in [4.78, 5) is 37.3. The van der Waals surface area contributed by atoms with E-state index in [9.17, 15) is 19.5 Å². The molecule has 0 bridgehead atoms. The van der Waals surface area contributed by atoms with Crippen LogP contribution in [0.1, 0.15) is 23.6 Å². The maximum Gasteiger partial charge on any atom is 0.301 e. The predicted octanol–water partition coefficient (Wildman–Crippen LogP) is 3.10. The van der Waals surface area contributed by atoms with Crippen LogP contribution in [0.3, 0.4) is 0 Å². The van der Waals surface area contributed by atoms with Gasteiger partial charge in [0.1, 0.15) is 0 Å². The van der Waals surface area contributed by atoms with Crippen molar-refractivity contribution in [1.82, 2.24) is 0 Å². The van der Waals surface area contributed by atoms with Crippen LogP contribution in [0, 0.1) is 13.8 Å². The van der Waals surface area contributed by atoms with Crippen LogP contribution in [0.25, 0.3) is 5.57 Å². The Kier molecular flexibility index (Phi) is 4.34. The highest BCUT2D eigenvalue weighted by atomic mass is 16.3. The summed E-state index contributed by atoms with van der Waals surface area (Å²) in [6.07, 6.45) is 0. The molecule has 0 aromatic heterocycles. The molecule has 2 aromatic carbocycles. The molecule has 2 N–H and O–H groups in total. The van der Waals surface area contributed by atoms with E-state index in [1.54, 1.807) is 36.4 Å². The first kappa shape index (κ1) is 17.4. The summed E-state index contributed by atoms with van der Waals surface area (Å²) in [5.41, 5.74) is 3.31. The van der Waals surface area contributed by atoms with Crippen LogP contribution in [-0.2, 0) is 14.4 Å². The maximum atomic E-state index is 12.8. The summed E-state index contributed by atoms with van der Waals surface area (Å²) < 4.78 is 0. The van der Waals surface area contributed by atoms with Crippen molar-refractivity contribution in [2.45, 2.75) is 20.8 Å². The van der Waals surface area contributed by atoms with Crippen molar-refractivity contribution in [1.29, 1.82) is 0 Å². The number of aliphatic hydroxyl groups is 1. The number of aryl methyl sites for hydroxylation is 2. The molecule has 2 aromatic rings. The lowest BCUT2D eigenvalue weighted by Gasteiger charge is -2.16. The summed E-state index contributed by atoms with van der Waals surface area (Å²) in [5, 5.41) is 12.9. The fourth-order valence-corrected chi connectivity index (χ4v) is 2.80. The van der Waals surface area contributed by atoms with Gasteiger partial charge in [0, 0.05) is 12.6 Å². The van der Waals surface area contributed by atoms with Crippen molar-refractivity contribution >= 4 is 34.7 Å². The van der Waals surface area contributed by atoms with E-state index in [2.05, 4.69) is 5.32 Å². The number of hydrogen-bond donors (Lipinski definition) is 2. The first-order valence-corrected chi connectivity index (χ1v) is 8.07. The zero-order valence-electron chi connectivity index (χ0n) is 14.7. The lowest BCUT2D eigenvalue weighted by molar-refractivity contribution is -0.121. The maximum absolute atomic E-state index is 12.8. The number of carbonyl (C=O) groups is 3. The van der Waals surface area contributed by atoms with Crippen LogP contribution in [0.4, 0.5) is 11.4 Å². The Hall–Kier alpha value is -3.41. The molecule has 6 nitrogen and oxygen atoms in total. The molecular formula is C20H18N2O4. The normalized spacial score (nSPS) is 14.2. The summed E-state index contributed by atoms with van der Waals surface area (Å²) in [6, 6.07) is 11.6. The standard InChI is InChI=1S/C20H18N2O4/c1-11-4-9-16(10-12(11)2)22-19(25)17(18(24)20(22)26)14-5-7-15(8-6-14)21-13(3)23/h4-10,24H,1-3H3,(H,21,23). The van der Waals surface area contributed by atoms with Gasteiger partial charge < -0.3 is 10.4 Å². The van der Waals surface area contributed by atoms with Crippen LogP contribution in [0.15, 0.2) is 48.2 Å². The topological polar surface area (TPSA) is 86.7 Å². The molecule has 0 saturated carbocycles. The highest BCUT2D eigenvalue weighted by molar-refractivity contribution is 6.44. The molecule has 1 aliphatic heterocycles. The number of aliphatic hydroxyl groups excluding tert-OH is 1. The fourth-order valence-electron chi connectivity index (χ4n) is 2.80. The van der Waals surface area contributed by atoms with E-state index in [0.29, 0.717) is 16.9 Å². The molecule has 0 atom stereocenters. The number of hydrogen-bond acceptors (Lipinski definition) is 4. The molecule has 0 fully saturated rings. The second-order valence-electron chi connectivity index (χ2n) is 6.20. The molecule has 0 spiro atoms. The van der Waals surface area contributed by atoms with Crippen LogP contribution < -0.4 is 10.2 Å². The van der Waals surface area contributed by atoms with Gasteiger partial charge in [-0.1, -0.05) is 18.2 Å². The Balaban J connectivity index is 1.96. The van der Waals surface area contributed by atoms with Gasteiger partial charge in [-0.15, -0.1) is 0 Å². The second-order valence-corrected chi connectivity index (χ2v) is 6.20. The van der Waals surface area contributed by atoms with Crippen molar-refractivity contribution in [3.05, 3.63) is 64.9 Å². The van der Waals surface area contributed by atoms with Gasteiger partial charge in [0.2, 0.25) is 5.91 Å². The minimum absolute atomic E-state index is 0.0531. The first-order valence-electron chi connectivity index (χ1n) is 8.07. The zero-order valence-corrected chi connectivity index (χ0v) is 14.7. The molecule has 0 saturated heterocycles. The lowest BCUT2D eigenvalue weighted by atomic mass is 10.0. The Morgan fingerprint density at radius 3 is 2.19 bits per heavy atom. The van der Waals surface area contributed by atoms with E-state index >= 15 is 0 Å². The van der Waals surface area contributed by atoms with Gasteiger partial charge in [-0.2, -0.15) is 0 Å². The summed E-state index contributed by atoms with van der Waals surface area (Å²) in [6.45, 7) is 5.21. The second kappa shape index (κ2) is 6.48. The van der Waals surface area contributed by atoms with Crippen LogP contribution >= 0.6 is 0 Å². The number of benzene rings is 2. The molecule has 0 radical (unpaired) electrons. The molecule has 1 aliphatic rings. The molecule has 3 rings (SSSR count). The van der Waals surface area contributed by atoms with E-state index in [1.165, 1.54) is 6.92 Å². The highest BCUT2D eigenvalue weighted by Gasteiger charge is 2.40. The van der Waals surface area contributed by atoms with Crippen molar-refractivity contribution in [2.24, 2.45) is 0 Å². The van der Waals surface area contributed by atoms with Crippen molar-refractivity contribution in [3.8, 4) is 0 Å². The van der Waals surface area contributed by atoms with Crippen molar-refractivity contribution < 1.29 is 19.5 Å². The SMILES string of the molecule is CC(=O)Nc1ccc(C2=C(O)C(=O)N(c3ccc(C)c(C)c3)C2=O)cc1. The average molecular weight is 350 g/mol. The minimum atomic E-state index is -0.751. The smallest absolute Gasteiger partial charge is 0.301 e. The number of rotatable bonds is 3. The summed E-state index contributed by atoms with van der Waals surface area (Å²) in [5.74, 6) is -2.13. The van der Waals surface area contributed by atoms with Gasteiger partial charge in [-0.3, -0.25) is 14.4 Å². The predicted molar refractivity (Wildman–Crippen MR) is 98.7 cm³/mol. The molecule has 132 valence electrons. The summed E-state index contributed by atoms with van der Waals surface area (Å²) in [7, 11) is 0. The lowest BCUT2D eigenvalue weighted by Crippen LogP contribution is -2.31. The number of anilines is 2. The van der Waals surface area contributed by atoms with E-state index in [4.69, 9.17) is 0 Å². The number of imide groups is 1. The Morgan fingerprint density at radius 2 is 1.62 bits per heavy atom. The van der Waals surface area contributed by atoms with Crippen molar-refractivity contribution in [2.75, 3.05) is 10.2 Å². The average Bonchev–Trinajstić information content (AvgIpc) is 2.80. The largest absolute Gasteiger partial charge is 0.502 e. The van der Waals surface area contributed by atoms with Gasteiger partial charge >= 0.3 is 5.91 Å². The van der Waals surface area contributed by atoms with Gasteiger partial charge in [0.15, 0.2) is 5.76 Å². The highest BCUT2D eigenvalue weighted by Crippen LogP contribution is 2.33. The Morgan fingerprint density at radius 1 is 0.962 bits per heavy atom. The molecule has 6 heteroatoms. The van der Waals surface area contributed by atoms with Crippen LogP contribution in [-0.4, -0.2) is 22.8 Å². The van der Waals surface area contributed by atoms with E-state index in [0.717, 1.165) is 16.0 Å². The number of carbonyl (C=O) groups excluding carboxylic acids is 3. The van der Waals surface area contributed by atoms with Crippen LogP contribution in [0.2, 0.25) is 0 Å². The third kappa shape index (κ3) is 2.97. The van der Waals surface area contributed by atoms with E-state index in [1.807, 2.05) is 19.9 Å². The van der Waals surface area contributed by atoms with E-state index < -0.39 is 17.6 Å². The molecule has 3 amide bonds. The Labute approximate surface area is 150 Å². The van der Waals surface area contributed by atoms with Gasteiger partial charge in [-0.25, -0.2) is 4.90 Å². The molecule has 0 aliphatic carbocycles. The Bertz CT molecular complexity index is 958. The number of nitrogens with zero attached hydrogens (tertiary/aromatic N) is 1. The summed E-state index contributed by atoms with van der Waals surface area (Å²) >= 11 is 0. The number of nitrogens with one attached hydrogen (secondary N) is 1. The van der Waals surface area contributed by atoms with Gasteiger partial charge in [-0.05, 0) is 54.8 Å². The van der Waals surface area contributed by atoms with Crippen LogP contribution in [0.5, 0.6) is 0 Å². The molecule has 26 heavy (non-hydrogen) atoms. The monoisotopic (exact) mass is 350 g/mol. The quantitative estimate of drug-likeness (QED) is 0.833. The molecule has 0 unspecified atom stereocenters. The molecule has 1 heterocycles. The van der Waals surface area contributed by atoms with E-state index in [-0.39, 0.29) is 11.5 Å². The zero-order chi connectivity index (χ0) is 19.0. The third-order valence-electron chi connectivity index (χ3n) is 4.30. The van der Waals surface area contributed by atoms with Crippen molar-refractivity contribution in [3.63, 3.8) is 0 Å². The fraction of sp³-hybridized carbons (Fsp3) is 0.150. The van der Waals surface area contributed by atoms with Gasteiger partial charge in [0.25, 0.3) is 5.91 Å². The first-order chi connectivity index (χ1) is 12.3. The molecular weight excluding hydrogens is 332 g/mol. The van der Waals surface area contributed by atoms with Gasteiger partial charge in [0.05, 0.1) is 11.3 Å².